The number of para-hydroxylation sites is 4. The van der Waals surface area contributed by atoms with Crippen molar-refractivity contribution in [1.82, 2.24) is 43.6 Å². The number of nitrogens with zero attached hydrogens (tertiary/aromatic N) is 9. The number of rotatable bonds is 11. The van der Waals surface area contributed by atoms with Crippen LogP contribution in [0.3, 0.4) is 0 Å². The van der Waals surface area contributed by atoms with Crippen molar-refractivity contribution in [3.05, 3.63) is 370 Å². The summed E-state index contributed by atoms with van der Waals surface area (Å²) in [5.74, 6) is 3.80. The van der Waals surface area contributed by atoms with E-state index in [0.29, 0.717) is 35.1 Å². The molecule has 0 aliphatic heterocycles. The molecule has 0 saturated heterocycles. The minimum Gasteiger partial charge on any atom is -0.309 e. The molecule has 0 atom stereocenters. The van der Waals surface area contributed by atoms with Crippen LogP contribution in [-0.2, 0) is 0 Å². The Bertz CT molecular complexity index is 6800. The van der Waals surface area contributed by atoms with E-state index in [4.69, 9.17) is 29.9 Å². The zero-order valence-electron chi connectivity index (χ0n) is 57.2. The molecule has 15 aromatic carbocycles. The van der Waals surface area contributed by atoms with Gasteiger partial charge in [0.05, 0.1) is 33.1 Å². The largest absolute Gasteiger partial charge is 0.309 e. The van der Waals surface area contributed by atoms with Crippen LogP contribution in [0.25, 0.3) is 193 Å². The zero-order valence-corrected chi connectivity index (χ0v) is 58.0. The van der Waals surface area contributed by atoms with Gasteiger partial charge in [0.25, 0.3) is 0 Å². The van der Waals surface area contributed by atoms with E-state index < -0.39 is 0 Å². The van der Waals surface area contributed by atoms with Crippen LogP contribution >= 0.6 is 11.3 Å². The average Bonchev–Trinajstić information content (AvgIpc) is 1.57. The van der Waals surface area contributed by atoms with E-state index >= 15 is 0 Å². The predicted molar refractivity (Wildman–Crippen MR) is 439 cm³/mol. The summed E-state index contributed by atoms with van der Waals surface area (Å²) < 4.78 is 9.58. The molecule has 6 aromatic heterocycles. The van der Waals surface area contributed by atoms with Crippen LogP contribution in [0.4, 0.5) is 0 Å². The third-order valence-corrected chi connectivity index (χ3v) is 21.5. The van der Waals surface area contributed by atoms with Crippen LogP contribution in [0, 0.1) is 0 Å². The van der Waals surface area contributed by atoms with E-state index in [-0.39, 0.29) is 0 Å². The van der Waals surface area contributed by atoms with Gasteiger partial charge in [-0.2, -0.15) is 9.97 Å². The number of hydrogen-bond donors (Lipinski definition) is 0. The smallest absolute Gasteiger partial charge is 0.238 e. The van der Waals surface area contributed by atoms with Crippen molar-refractivity contribution >= 4 is 96.9 Å². The molecule has 0 saturated carbocycles. The molecular formula is C96H61N9S. The Labute approximate surface area is 614 Å². The van der Waals surface area contributed by atoms with Gasteiger partial charge in [0, 0.05) is 91.7 Å². The number of aromatic nitrogens is 9. The van der Waals surface area contributed by atoms with Gasteiger partial charge in [-0.15, -0.1) is 11.3 Å². The van der Waals surface area contributed by atoms with Crippen molar-refractivity contribution in [1.29, 1.82) is 0 Å². The van der Waals surface area contributed by atoms with E-state index in [0.717, 1.165) is 66.6 Å². The molecule has 9 nitrogen and oxygen atoms in total. The van der Waals surface area contributed by atoms with Crippen LogP contribution in [0.2, 0.25) is 0 Å². The molecular weight excluding hydrogens is 1310 g/mol. The van der Waals surface area contributed by atoms with Gasteiger partial charge < -0.3 is 9.13 Å². The zero-order chi connectivity index (χ0) is 70.0. The van der Waals surface area contributed by atoms with Crippen molar-refractivity contribution < 1.29 is 0 Å². The van der Waals surface area contributed by atoms with E-state index in [2.05, 4.69) is 262 Å². The highest BCUT2D eigenvalue weighted by Gasteiger charge is 2.23. The van der Waals surface area contributed by atoms with Gasteiger partial charge >= 0.3 is 0 Å². The first kappa shape index (κ1) is 61.8. The lowest BCUT2D eigenvalue weighted by molar-refractivity contribution is 0.953. The fourth-order valence-corrected chi connectivity index (χ4v) is 16.5. The summed E-state index contributed by atoms with van der Waals surface area (Å²) in [5.41, 5.74) is 20.9. The molecule has 0 unspecified atom stereocenters. The van der Waals surface area contributed by atoms with Gasteiger partial charge in [-0.3, -0.25) is 4.57 Å². The third kappa shape index (κ3) is 10.9. The van der Waals surface area contributed by atoms with Gasteiger partial charge in [-0.05, 0) is 130 Å². The van der Waals surface area contributed by atoms with E-state index in [9.17, 15) is 0 Å². The summed E-state index contributed by atoms with van der Waals surface area (Å²) in [7, 11) is 0. The highest BCUT2D eigenvalue weighted by molar-refractivity contribution is 7.26. The molecule has 6 heterocycles. The Morgan fingerprint density at radius 2 is 0.528 bits per heavy atom. The number of fused-ring (bicyclic) bond motifs is 12. The predicted octanol–water partition coefficient (Wildman–Crippen LogP) is 24.7. The van der Waals surface area contributed by atoms with Gasteiger partial charge in [0.15, 0.2) is 29.1 Å². The van der Waals surface area contributed by atoms with Crippen LogP contribution in [0.15, 0.2) is 370 Å². The van der Waals surface area contributed by atoms with Crippen molar-refractivity contribution in [2.75, 3.05) is 0 Å². The monoisotopic (exact) mass is 1370 g/mol. The number of thiophene rings is 1. The van der Waals surface area contributed by atoms with E-state index in [1.807, 2.05) is 133 Å². The molecule has 106 heavy (non-hydrogen) atoms. The SMILES string of the molecule is c1ccc(-c2nc(-c3ccccc3)nc(-c3ccc(-n4c5ccccc5c5cc(-c6cccc7c6sc6ccccc67)ccc54)cc3)n2)cc1.c1ccc(-c2nc(-c3ccccc3)nc(-n3c4ccccc4c4cc(-c5cc6c7ccccc7n(-c7ccccc7)c6cc5-c5ccccc5)ccc43)n2)cc1. The standard InChI is InChI=1S/C51H33N5.C45H28N4S/c1-5-17-34(18-6-1)42-33-48-44(40-26-13-15-27-45(40)55(48)38-23-11-4-12-24-38)32-41(42)37-29-30-47-43(31-37)39-25-14-16-28-46(39)56(47)51-53-49(35-19-7-2-8-20-35)52-50(54-51)36-21-9-3-10-22-36;1-3-12-29(13-4-1)43-46-44(30-14-5-2-6-15-30)48-45(47-43)31-22-25-33(26-23-31)49-39-20-9-7-16-35(39)38-28-32(24-27-40(38)49)34-18-11-19-37-36-17-8-10-21-41(36)50-42(34)37/h1-33H;1-28H. The normalized spacial score (nSPS) is 11.6. The second-order valence-electron chi connectivity index (χ2n) is 26.5. The minimum absolute atomic E-state index is 0.580. The number of benzene rings is 15. The van der Waals surface area contributed by atoms with Gasteiger partial charge in [-0.1, -0.05) is 273 Å². The molecule has 0 bridgehead atoms. The first-order valence-corrected chi connectivity index (χ1v) is 36.4. The first-order chi connectivity index (χ1) is 52.6. The highest BCUT2D eigenvalue weighted by atomic mass is 32.1. The summed E-state index contributed by atoms with van der Waals surface area (Å²) in [6, 6.07) is 130. The van der Waals surface area contributed by atoms with Crippen LogP contribution in [0.5, 0.6) is 0 Å². The van der Waals surface area contributed by atoms with Crippen molar-refractivity contribution in [3.8, 4) is 108 Å². The molecule has 21 aromatic rings. The van der Waals surface area contributed by atoms with Gasteiger partial charge in [-0.25, -0.2) is 19.9 Å². The summed E-state index contributed by atoms with van der Waals surface area (Å²) >= 11 is 1.87. The molecule has 0 aliphatic rings. The van der Waals surface area contributed by atoms with E-state index in [1.165, 1.54) is 91.6 Å². The first-order valence-electron chi connectivity index (χ1n) is 35.6. The fourth-order valence-electron chi connectivity index (χ4n) is 15.3. The van der Waals surface area contributed by atoms with Crippen molar-refractivity contribution in [3.63, 3.8) is 0 Å². The molecule has 496 valence electrons. The summed E-state index contributed by atoms with van der Waals surface area (Å²) in [5, 5.41) is 9.81. The molecule has 0 radical (unpaired) electrons. The second kappa shape index (κ2) is 26.1. The van der Waals surface area contributed by atoms with Crippen LogP contribution in [0.1, 0.15) is 0 Å². The van der Waals surface area contributed by atoms with Gasteiger partial charge in [0.1, 0.15) is 0 Å². The molecule has 21 rings (SSSR count). The summed E-state index contributed by atoms with van der Waals surface area (Å²) in [6.45, 7) is 0. The molecule has 0 aliphatic carbocycles. The van der Waals surface area contributed by atoms with Gasteiger partial charge in [0.2, 0.25) is 5.95 Å². The van der Waals surface area contributed by atoms with Crippen LogP contribution in [-0.4, -0.2) is 43.6 Å². The lowest BCUT2D eigenvalue weighted by Gasteiger charge is -2.14. The average molecular weight is 1370 g/mol. The molecule has 0 fully saturated rings. The Morgan fingerprint density at radius 1 is 0.189 bits per heavy atom. The Kier molecular flexibility index (Phi) is 15.2. The highest BCUT2D eigenvalue weighted by Crippen LogP contribution is 2.45. The Balaban J connectivity index is 0.000000141. The maximum Gasteiger partial charge on any atom is 0.238 e. The Hall–Kier alpha value is -14.1. The maximum atomic E-state index is 5.14. The topological polar surface area (TPSA) is 92.1 Å². The van der Waals surface area contributed by atoms with Crippen molar-refractivity contribution in [2.24, 2.45) is 0 Å². The van der Waals surface area contributed by atoms with Crippen molar-refractivity contribution in [2.45, 2.75) is 0 Å². The van der Waals surface area contributed by atoms with E-state index in [1.54, 1.807) is 0 Å². The third-order valence-electron chi connectivity index (χ3n) is 20.3. The Morgan fingerprint density at radius 3 is 1.04 bits per heavy atom. The molecule has 0 amide bonds. The minimum atomic E-state index is 0.580. The molecule has 0 N–H and O–H groups in total. The maximum absolute atomic E-state index is 5.14. The lowest BCUT2D eigenvalue weighted by atomic mass is 9.92. The van der Waals surface area contributed by atoms with Crippen LogP contribution < -0.4 is 0 Å². The second-order valence-corrected chi connectivity index (χ2v) is 27.6. The summed E-state index contributed by atoms with van der Waals surface area (Å²) in [4.78, 5) is 30.0. The quantitative estimate of drug-likeness (QED) is 0.128. The molecule has 10 heteroatoms. The summed E-state index contributed by atoms with van der Waals surface area (Å²) in [6.07, 6.45) is 0. The molecule has 0 spiro atoms. The lowest BCUT2D eigenvalue weighted by Crippen LogP contribution is -2.06. The fraction of sp³-hybridized carbons (Fsp3) is 0. The number of hydrogen-bond acceptors (Lipinski definition) is 7.